The van der Waals surface area contributed by atoms with Crippen molar-refractivity contribution in [2.45, 2.75) is 38.8 Å². The van der Waals surface area contributed by atoms with Crippen LogP contribution in [0, 0.1) is 5.92 Å². The number of aliphatic carboxylic acids is 1. The van der Waals surface area contributed by atoms with Gasteiger partial charge in [0.1, 0.15) is 6.61 Å². The molecule has 0 aliphatic heterocycles. The summed E-state index contributed by atoms with van der Waals surface area (Å²) in [5, 5.41) is 9.47. The molecule has 3 aromatic carbocycles. The molecule has 0 bridgehead atoms. The molecule has 4 rings (SSSR count). The molecule has 170 valence electrons. The largest absolute Gasteiger partial charge is 0.481 e. The van der Waals surface area contributed by atoms with Crippen LogP contribution in [0.5, 0.6) is 0 Å². The topological polar surface area (TPSA) is 66.8 Å². The van der Waals surface area contributed by atoms with E-state index in [4.69, 9.17) is 4.74 Å². The molecule has 5 heteroatoms. The van der Waals surface area contributed by atoms with Gasteiger partial charge in [-0.1, -0.05) is 92.7 Å². The van der Waals surface area contributed by atoms with Crippen LogP contribution in [0.25, 0.3) is 11.1 Å². The van der Waals surface area contributed by atoms with E-state index in [1.165, 1.54) is 11.1 Å². The summed E-state index contributed by atoms with van der Waals surface area (Å²) in [5.41, 5.74) is 5.56. The van der Waals surface area contributed by atoms with Crippen molar-refractivity contribution in [2.24, 2.45) is 5.92 Å². The van der Waals surface area contributed by atoms with E-state index in [1.54, 1.807) is 4.90 Å². The molecular formula is C28H29NO4. The Morgan fingerprint density at radius 1 is 0.879 bits per heavy atom. The van der Waals surface area contributed by atoms with Crippen LogP contribution in [0.2, 0.25) is 0 Å². The third-order valence-electron chi connectivity index (χ3n) is 6.32. The molecule has 5 nitrogen and oxygen atoms in total. The summed E-state index contributed by atoms with van der Waals surface area (Å²) < 4.78 is 5.88. The maximum absolute atomic E-state index is 13.4. The van der Waals surface area contributed by atoms with Crippen LogP contribution in [-0.4, -0.2) is 34.7 Å². The minimum atomic E-state index is -0.932. The average molecular weight is 444 g/mol. The van der Waals surface area contributed by atoms with Crippen molar-refractivity contribution in [2.75, 3.05) is 6.61 Å². The summed E-state index contributed by atoms with van der Waals surface area (Å²) >= 11 is 0. The zero-order valence-electron chi connectivity index (χ0n) is 19.0. The molecule has 1 aliphatic carbocycles. The molecule has 0 spiro atoms. The van der Waals surface area contributed by atoms with Crippen LogP contribution < -0.4 is 0 Å². The standard InChI is InChI=1S/C28H29NO4/c1-19(2)26(16-27(30)31)29(17-20-10-4-3-5-11-20)28(32)33-18-25-23-14-8-6-12-21(23)22-13-7-9-15-24(22)25/h3-15,19,25-26H,16-18H2,1-2H3,(H,30,31)/t26-/m1/s1. The Labute approximate surface area is 194 Å². The minimum absolute atomic E-state index is 0.0368. The van der Waals surface area contributed by atoms with Gasteiger partial charge in [0.2, 0.25) is 0 Å². The second-order valence-electron chi connectivity index (χ2n) is 8.83. The van der Waals surface area contributed by atoms with Gasteiger partial charge in [-0.3, -0.25) is 4.79 Å². The summed E-state index contributed by atoms with van der Waals surface area (Å²) in [6, 6.07) is 25.5. The highest BCUT2D eigenvalue weighted by Gasteiger charge is 2.33. The SMILES string of the molecule is CC(C)[C@@H](CC(=O)O)N(Cc1ccccc1)C(=O)OCC1c2ccccc2-c2ccccc21. The molecule has 0 heterocycles. The van der Waals surface area contributed by atoms with Crippen molar-refractivity contribution in [3.63, 3.8) is 0 Å². The molecule has 1 aliphatic rings. The lowest BCUT2D eigenvalue weighted by Gasteiger charge is -2.33. The van der Waals surface area contributed by atoms with Crippen molar-refractivity contribution in [3.8, 4) is 11.1 Å². The number of carboxylic acid groups (broad SMARTS) is 1. The maximum Gasteiger partial charge on any atom is 0.410 e. The molecule has 0 saturated heterocycles. The summed E-state index contributed by atoms with van der Waals surface area (Å²) in [7, 11) is 0. The monoisotopic (exact) mass is 443 g/mol. The lowest BCUT2D eigenvalue weighted by Crippen LogP contribution is -2.44. The summed E-state index contributed by atoms with van der Waals surface area (Å²) in [5.74, 6) is -1.01. The molecule has 33 heavy (non-hydrogen) atoms. The number of rotatable bonds is 8. The Bertz CT molecular complexity index is 1080. The Morgan fingerprint density at radius 3 is 1.97 bits per heavy atom. The number of hydrogen-bond donors (Lipinski definition) is 1. The van der Waals surface area contributed by atoms with E-state index in [1.807, 2.05) is 68.4 Å². The van der Waals surface area contributed by atoms with Gasteiger partial charge in [0.25, 0.3) is 0 Å². The summed E-state index contributed by atoms with van der Waals surface area (Å²) in [6.07, 6.45) is -0.616. The number of nitrogens with zero attached hydrogens (tertiary/aromatic N) is 1. The lowest BCUT2D eigenvalue weighted by molar-refractivity contribution is -0.138. The quantitative estimate of drug-likeness (QED) is 0.468. The molecule has 0 fully saturated rings. The van der Waals surface area contributed by atoms with Gasteiger partial charge in [-0.15, -0.1) is 0 Å². The van der Waals surface area contributed by atoms with Crippen molar-refractivity contribution < 1.29 is 19.4 Å². The van der Waals surface area contributed by atoms with Crippen LogP contribution in [-0.2, 0) is 16.1 Å². The molecule has 0 unspecified atom stereocenters. The number of fused-ring (bicyclic) bond motifs is 3. The van der Waals surface area contributed by atoms with Gasteiger partial charge in [0, 0.05) is 18.5 Å². The highest BCUT2D eigenvalue weighted by molar-refractivity contribution is 5.79. The van der Waals surface area contributed by atoms with Gasteiger partial charge in [0.15, 0.2) is 0 Å². The fourth-order valence-corrected chi connectivity index (χ4v) is 4.66. The van der Waals surface area contributed by atoms with Gasteiger partial charge in [0.05, 0.1) is 6.42 Å². The van der Waals surface area contributed by atoms with Crippen LogP contribution in [0.15, 0.2) is 78.9 Å². The Balaban J connectivity index is 1.57. The summed E-state index contributed by atoms with van der Waals surface area (Å²) in [4.78, 5) is 26.5. The number of carbonyl (C=O) groups is 2. The third-order valence-corrected chi connectivity index (χ3v) is 6.32. The second-order valence-corrected chi connectivity index (χ2v) is 8.83. The first-order chi connectivity index (χ1) is 16.0. The van der Waals surface area contributed by atoms with E-state index in [2.05, 4.69) is 24.3 Å². The van der Waals surface area contributed by atoms with Crippen molar-refractivity contribution in [1.82, 2.24) is 4.90 Å². The number of carbonyl (C=O) groups excluding carboxylic acids is 1. The fourth-order valence-electron chi connectivity index (χ4n) is 4.66. The van der Waals surface area contributed by atoms with E-state index in [9.17, 15) is 14.7 Å². The Morgan fingerprint density at radius 2 is 1.42 bits per heavy atom. The third kappa shape index (κ3) is 4.92. The predicted molar refractivity (Wildman–Crippen MR) is 128 cm³/mol. The van der Waals surface area contributed by atoms with Crippen LogP contribution in [0.3, 0.4) is 0 Å². The van der Waals surface area contributed by atoms with E-state index in [-0.39, 0.29) is 24.9 Å². The molecule has 0 radical (unpaired) electrons. The van der Waals surface area contributed by atoms with Crippen molar-refractivity contribution in [1.29, 1.82) is 0 Å². The molecule has 0 aromatic heterocycles. The number of amides is 1. The fraction of sp³-hybridized carbons (Fsp3) is 0.286. The van der Waals surface area contributed by atoms with Gasteiger partial charge in [-0.2, -0.15) is 0 Å². The van der Waals surface area contributed by atoms with Crippen molar-refractivity contribution >= 4 is 12.1 Å². The van der Waals surface area contributed by atoms with Crippen LogP contribution in [0.1, 0.15) is 42.9 Å². The highest BCUT2D eigenvalue weighted by atomic mass is 16.6. The van der Waals surface area contributed by atoms with E-state index in [0.29, 0.717) is 6.54 Å². The van der Waals surface area contributed by atoms with E-state index >= 15 is 0 Å². The molecule has 1 N–H and O–H groups in total. The lowest BCUT2D eigenvalue weighted by atomic mass is 9.98. The molecular weight excluding hydrogens is 414 g/mol. The van der Waals surface area contributed by atoms with E-state index < -0.39 is 18.1 Å². The Hall–Kier alpha value is -3.60. The smallest absolute Gasteiger partial charge is 0.410 e. The van der Waals surface area contributed by atoms with Crippen LogP contribution in [0.4, 0.5) is 4.79 Å². The maximum atomic E-state index is 13.4. The average Bonchev–Trinajstić information content (AvgIpc) is 3.14. The zero-order valence-corrected chi connectivity index (χ0v) is 19.0. The molecule has 3 aromatic rings. The van der Waals surface area contributed by atoms with Crippen LogP contribution >= 0.6 is 0 Å². The highest BCUT2D eigenvalue weighted by Crippen LogP contribution is 2.44. The van der Waals surface area contributed by atoms with E-state index in [0.717, 1.165) is 16.7 Å². The minimum Gasteiger partial charge on any atom is -0.481 e. The van der Waals surface area contributed by atoms with Gasteiger partial charge < -0.3 is 14.7 Å². The zero-order chi connectivity index (χ0) is 23.4. The summed E-state index contributed by atoms with van der Waals surface area (Å²) in [6.45, 7) is 4.37. The first-order valence-electron chi connectivity index (χ1n) is 11.3. The number of carboxylic acids is 1. The first kappa shape index (κ1) is 22.6. The number of ether oxygens (including phenoxy) is 1. The van der Waals surface area contributed by atoms with Crippen molar-refractivity contribution in [3.05, 3.63) is 95.6 Å². The first-order valence-corrected chi connectivity index (χ1v) is 11.3. The Kier molecular flexibility index (Phi) is 6.78. The normalized spacial score (nSPS) is 13.3. The van der Waals surface area contributed by atoms with Gasteiger partial charge in [-0.25, -0.2) is 4.79 Å². The number of benzene rings is 3. The number of hydrogen-bond acceptors (Lipinski definition) is 3. The second kappa shape index (κ2) is 9.90. The predicted octanol–water partition coefficient (Wildman–Crippen LogP) is 5.94. The van der Waals surface area contributed by atoms with Gasteiger partial charge >= 0.3 is 12.1 Å². The van der Waals surface area contributed by atoms with Gasteiger partial charge in [-0.05, 0) is 33.7 Å². The molecule has 0 saturated carbocycles. The molecule has 1 atom stereocenters. The molecule has 1 amide bonds.